The van der Waals surface area contributed by atoms with Gasteiger partial charge in [-0.25, -0.2) is 0 Å². The van der Waals surface area contributed by atoms with Crippen LogP contribution in [0.3, 0.4) is 0 Å². The van der Waals surface area contributed by atoms with Gasteiger partial charge in [-0.1, -0.05) is 0 Å². The number of rotatable bonds is 7. The predicted molar refractivity (Wildman–Crippen MR) is 69.1 cm³/mol. The molecule has 0 saturated carbocycles. The predicted octanol–water partition coefficient (Wildman–Crippen LogP) is 1.21. The Bertz CT molecular complexity index is 286. The van der Waals surface area contributed by atoms with Crippen molar-refractivity contribution in [2.24, 2.45) is 0 Å². The molecule has 0 N–H and O–H groups in total. The number of hydrogen-bond donors (Lipinski definition) is 0. The first-order valence-electron chi connectivity index (χ1n) is 7.28. The largest absolute Gasteiger partial charge is 0.463 e. The third kappa shape index (κ3) is 5.46. The zero-order chi connectivity index (χ0) is 14.2. The second-order valence-corrected chi connectivity index (χ2v) is 5.14. The molecule has 2 saturated heterocycles. The highest BCUT2D eigenvalue weighted by Crippen LogP contribution is 2.13. The second-order valence-electron chi connectivity index (χ2n) is 5.14. The monoisotopic (exact) mass is 286 g/mol. The van der Waals surface area contributed by atoms with E-state index in [1.165, 1.54) is 0 Å². The van der Waals surface area contributed by atoms with Gasteiger partial charge in [0.05, 0.1) is 25.0 Å². The molecule has 2 rings (SSSR count). The summed E-state index contributed by atoms with van der Waals surface area (Å²) in [5.41, 5.74) is 0. The van der Waals surface area contributed by atoms with Gasteiger partial charge in [0.2, 0.25) is 0 Å². The number of esters is 2. The summed E-state index contributed by atoms with van der Waals surface area (Å²) in [6.45, 7) is 2.03. The van der Waals surface area contributed by atoms with Gasteiger partial charge >= 0.3 is 11.9 Å². The third-order valence-electron chi connectivity index (χ3n) is 3.44. The summed E-state index contributed by atoms with van der Waals surface area (Å²) in [4.78, 5) is 22.9. The molecule has 20 heavy (non-hydrogen) atoms. The van der Waals surface area contributed by atoms with E-state index in [-0.39, 0.29) is 50.2 Å². The average Bonchev–Trinajstić information content (AvgIpc) is 3.13. The molecule has 2 aliphatic heterocycles. The fourth-order valence-corrected chi connectivity index (χ4v) is 2.27. The highest BCUT2D eigenvalue weighted by atomic mass is 16.6. The molecule has 0 radical (unpaired) electrons. The zero-order valence-electron chi connectivity index (χ0n) is 11.7. The van der Waals surface area contributed by atoms with Crippen molar-refractivity contribution in [2.45, 2.75) is 50.7 Å². The van der Waals surface area contributed by atoms with Crippen LogP contribution in [0, 0.1) is 0 Å². The molecule has 0 aromatic carbocycles. The summed E-state index contributed by atoms with van der Waals surface area (Å²) in [5.74, 6) is -0.760. The molecule has 0 spiro atoms. The van der Waals surface area contributed by atoms with Gasteiger partial charge in [0.25, 0.3) is 0 Å². The molecule has 2 fully saturated rings. The molecular formula is C14H22O6. The Hall–Kier alpha value is -1.14. The Morgan fingerprint density at radius 2 is 1.30 bits per heavy atom. The lowest BCUT2D eigenvalue weighted by Crippen LogP contribution is -2.20. The van der Waals surface area contributed by atoms with Crippen molar-refractivity contribution in [3.8, 4) is 0 Å². The maximum atomic E-state index is 11.5. The van der Waals surface area contributed by atoms with E-state index in [0.717, 1.165) is 38.9 Å². The van der Waals surface area contributed by atoms with E-state index in [4.69, 9.17) is 18.9 Å². The van der Waals surface area contributed by atoms with Gasteiger partial charge in [-0.2, -0.15) is 0 Å². The van der Waals surface area contributed by atoms with Crippen molar-refractivity contribution in [2.75, 3.05) is 26.4 Å². The summed E-state index contributed by atoms with van der Waals surface area (Å²) < 4.78 is 20.8. The van der Waals surface area contributed by atoms with Crippen LogP contribution < -0.4 is 0 Å². The molecule has 114 valence electrons. The number of carbonyl (C=O) groups is 2. The standard InChI is InChI=1S/C14H22O6/c15-13(19-9-11-3-1-7-17-11)5-6-14(16)20-10-12-4-2-8-18-12/h11-12H,1-10H2/t11-,12-/m0/s1. The number of carbonyl (C=O) groups excluding carboxylic acids is 2. The van der Waals surface area contributed by atoms with Crippen molar-refractivity contribution in [3.63, 3.8) is 0 Å². The van der Waals surface area contributed by atoms with Crippen LogP contribution in [0.15, 0.2) is 0 Å². The topological polar surface area (TPSA) is 71.1 Å². The maximum Gasteiger partial charge on any atom is 0.306 e. The van der Waals surface area contributed by atoms with Gasteiger partial charge in [0.1, 0.15) is 13.2 Å². The van der Waals surface area contributed by atoms with Crippen molar-refractivity contribution < 1.29 is 28.5 Å². The lowest BCUT2D eigenvalue weighted by atomic mass is 10.2. The Kier molecular flexibility index (Phi) is 6.26. The highest BCUT2D eigenvalue weighted by molar-refractivity contribution is 5.77. The first-order valence-corrected chi connectivity index (χ1v) is 7.28. The lowest BCUT2D eigenvalue weighted by molar-refractivity contribution is -0.153. The molecular weight excluding hydrogens is 264 g/mol. The Balaban J connectivity index is 1.49. The smallest absolute Gasteiger partial charge is 0.306 e. The molecule has 0 aromatic heterocycles. The van der Waals surface area contributed by atoms with Crippen LogP contribution in [0.1, 0.15) is 38.5 Å². The van der Waals surface area contributed by atoms with Crippen LogP contribution in [0.25, 0.3) is 0 Å². The quantitative estimate of drug-likeness (QED) is 0.655. The minimum Gasteiger partial charge on any atom is -0.463 e. The Labute approximate surface area is 118 Å². The molecule has 0 aliphatic carbocycles. The fraction of sp³-hybridized carbons (Fsp3) is 0.857. The summed E-state index contributed by atoms with van der Waals surface area (Å²) in [7, 11) is 0. The van der Waals surface area contributed by atoms with E-state index in [9.17, 15) is 9.59 Å². The third-order valence-corrected chi connectivity index (χ3v) is 3.44. The first kappa shape index (κ1) is 15.3. The van der Waals surface area contributed by atoms with Crippen LogP contribution in [-0.4, -0.2) is 50.6 Å². The van der Waals surface area contributed by atoms with E-state index >= 15 is 0 Å². The molecule has 6 heteroatoms. The van der Waals surface area contributed by atoms with Crippen molar-refractivity contribution in [3.05, 3.63) is 0 Å². The lowest BCUT2D eigenvalue weighted by Gasteiger charge is -2.11. The number of hydrogen-bond acceptors (Lipinski definition) is 6. The first-order chi connectivity index (χ1) is 9.74. The minimum atomic E-state index is -0.380. The Morgan fingerprint density at radius 3 is 1.65 bits per heavy atom. The number of ether oxygens (including phenoxy) is 4. The minimum absolute atomic E-state index is 0.0189. The van der Waals surface area contributed by atoms with E-state index in [0.29, 0.717) is 0 Å². The van der Waals surface area contributed by atoms with Gasteiger partial charge in [-0.05, 0) is 25.7 Å². The zero-order valence-corrected chi connectivity index (χ0v) is 11.7. The SMILES string of the molecule is O=C(CCC(=O)OC[C@@H]1CCCO1)OC[C@@H]1CCCO1. The fourth-order valence-electron chi connectivity index (χ4n) is 2.27. The summed E-state index contributed by atoms with van der Waals surface area (Å²) in [6, 6.07) is 0. The summed E-state index contributed by atoms with van der Waals surface area (Å²) in [6.07, 6.45) is 4.02. The molecule has 2 heterocycles. The molecule has 0 amide bonds. The maximum absolute atomic E-state index is 11.5. The van der Waals surface area contributed by atoms with Gasteiger partial charge in [-0.3, -0.25) is 9.59 Å². The van der Waals surface area contributed by atoms with Crippen molar-refractivity contribution >= 4 is 11.9 Å². The van der Waals surface area contributed by atoms with Crippen molar-refractivity contribution in [1.82, 2.24) is 0 Å². The van der Waals surface area contributed by atoms with Gasteiger partial charge in [-0.15, -0.1) is 0 Å². The van der Waals surface area contributed by atoms with Crippen LogP contribution in [0.2, 0.25) is 0 Å². The van der Waals surface area contributed by atoms with Crippen LogP contribution in [-0.2, 0) is 28.5 Å². The molecule has 0 unspecified atom stereocenters. The summed E-state index contributed by atoms with van der Waals surface area (Å²) in [5, 5.41) is 0. The van der Waals surface area contributed by atoms with E-state index in [1.807, 2.05) is 0 Å². The highest BCUT2D eigenvalue weighted by Gasteiger charge is 2.19. The molecule has 2 aliphatic rings. The van der Waals surface area contributed by atoms with E-state index in [1.54, 1.807) is 0 Å². The van der Waals surface area contributed by atoms with Gasteiger partial charge in [0, 0.05) is 13.2 Å². The molecule has 6 nitrogen and oxygen atoms in total. The van der Waals surface area contributed by atoms with E-state index in [2.05, 4.69) is 0 Å². The molecule has 0 aromatic rings. The summed E-state index contributed by atoms with van der Waals surface area (Å²) >= 11 is 0. The average molecular weight is 286 g/mol. The van der Waals surface area contributed by atoms with Crippen LogP contribution in [0.5, 0.6) is 0 Å². The molecule has 0 bridgehead atoms. The second kappa shape index (κ2) is 8.21. The normalized spacial score (nSPS) is 25.6. The molecule has 2 atom stereocenters. The van der Waals surface area contributed by atoms with Gasteiger partial charge < -0.3 is 18.9 Å². The van der Waals surface area contributed by atoms with E-state index < -0.39 is 0 Å². The van der Waals surface area contributed by atoms with Crippen molar-refractivity contribution in [1.29, 1.82) is 0 Å². The van der Waals surface area contributed by atoms with Crippen LogP contribution in [0.4, 0.5) is 0 Å². The van der Waals surface area contributed by atoms with Crippen LogP contribution >= 0.6 is 0 Å². The van der Waals surface area contributed by atoms with Gasteiger partial charge in [0.15, 0.2) is 0 Å². The Morgan fingerprint density at radius 1 is 0.850 bits per heavy atom.